The number of carbonyl (C=O) groups is 1. The van der Waals surface area contributed by atoms with Gasteiger partial charge in [-0.1, -0.05) is 13.3 Å². The van der Waals surface area contributed by atoms with Crippen LogP contribution in [0.25, 0.3) is 0 Å². The van der Waals surface area contributed by atoms with Crippen LogP contribution in [0.15, 0.2) is 24.5 Å². The molecular formula is C10H17N3O. The Morgan fingerprint density at radius 1 is 1.50 bits per heavy atom. The zero-order valence-corrected chi connectivity index (χ0v) is 8.44. The summed E-state index contributed by atoms with van der Waals surface area (Å²) in [5.41, 5.74) is 8.26. The van der Waals surface area contributed by atoms with Crippen molar-refractivity contribution in [2.45, 2.75) is 19.8 Å². The van der Waals surface area contributed by atoms with Gasteiger partial charge in [-0.15, -0.1) is 0 Å². The maximum Gasteiger partial charge on any atom is 0.239 e. The summed E-state index contributed by atoms with van der Waals surface area (Å²) in [4.78, 5) is 11.5. The summed E-state index contributed by atoms with van der Waals surface area (Å²) in [6, 6.07) is 3.72. The predicted octanol–water partition coefficient (Wildman–Crippen LogP) is 0.933. The summed E-state index contributed by atoms with van der Waals surface area (Å²) >= 11 is 0. The first kappa shape index (κ1) is 10.8. The molecule has 1 unspecified atom stereocenters. The van der Waals surface area contributed by atoms with Crippen molar-refractivity contribution in [3.8, 4) is 0 Å². The Kier molecular flexibility index (Phi) is 4.19. The molecule has 0 aliphatic rings. The number of nitrogens with one attached hydrogen (secondary N) is 1. The molecule has 0 aliphatic heterocycles. The number of rotatable bonds is 5. The van der Waals surface area contributed by atoms with Gasteiger partial charge in [-0.2, -0.15) is 0 Å². The minimum absolute atomic E-state index is 0.0125. The predicted molar refractivity (Wildman–Crippen MR) is 56.3 cm³/mol. The van der Waals surface area contributed by atoms with Gasteiger partial charge in [-0.05, 0) is 24.6 Å². The molecule has 0 saturated heterocycles. The van der Waals surface area contributed by atoms with Gasteiger partial charge in [0, 0.05) is 18.8 Å². The molecule has 0 radical (unpaired) electrons. The number of hydrogen-bond donors (Lipinski definition) is 2. The van der Waals surface area contributed by atoms with Crippen LogP contribution < -0.4 is 11.2 Å². The van der Waals surface area contributed by atoms with Gasteiger partial charge in [-0.3, -0.25) is 14.9 Å². The van der Waals surface area contributed by atoms with Crippen LogP contribution in [-0.2, 0) is 4.79 Å². The van der Waals surface area contributed by atoms with Crippen molar-refractivity contribution in [2.75, 3.05) is 12.0 Å². The van der Waals surface area contributed by atoms with E-state index in [1.165, 1.54) is 0 Å². The highest BCUT2D eigenvalue weighted by Crippen LogP contribution is 2.05. The molecule has 1 atom stereocenters. The quantitative estimate of drug-likeness (QED) is 0.734. The van der Waals surface area contributed by atoms with Crippen molar-refractivity contribution >= 4 is 5.91 Å². The lowest BCUT2D eigenvalue weighted by Gasteiger charge is -2.12. The molecule has 1 aromatic heterocycles. The second-order valence-corrected chi connectivity index (χ2v) is 3.34. The molecule has 14 heavy (non-hydrogen) atoms. The second kappa shape index (κ2) is 5.44. The molecule has 0 bridgehead atoms. The van der Waals surface area contributed by atoms with Gasteiger partial charge in [0.2, 0.25) is 5.91 Å². The lowest BCUT2D eigenvalue weighted by molar-refractivity contribution is -0.118. The number of aromatic nitrogens is 1. The van der Waals surface area contributed by atoms with Gasteiger partial charge < -0.3 is 5.73 Å². The fourth-order valence-corrected chi connectivity index (χ4v) is 1.26. The van der Waals surface area contributed by atoms with E-state index in [2.05, 4.69) is 5.43 Å². The van der Waals surface area contributed by atoms with E-state index in [4.69, 9.17) is 5.73 Å². The minimum atomic E-state index is 0.0125. The maximum absolute atomic E-state index is 11.5. The lowest BCUT2D eigenvalue weighted by Crippen LogP contribution is -2.26. The SMILES string of the molecule is CCC(CN)CC(=O)Nn1cccc1. The monoisotopic (exact) mass is 195 g/mol. The number of nitrogens with two attached hydrogens (primary N) is 1. The van der Waals surface area contributed by atoms with Crippen molar-refractivity contribution < 1.29 is 4.79 Å². The lowest BCUT2D eigenvalue weighted by atomic mass is 10.0. The van der Waals surface area contributed by atoms with Crippen LogP contribution in [0.2, 0.25) is 0 Å². The van der Waals surface area contributed by atoms with E-state index < -0.39 is 0 Å². The van der Waals surface area contributed by atoms with Crippen LogP contribution in [0.5, 0.6) is 0 Å². The zero-order chi connectivity index (χ0) is 10.4. The third-order valence-electron chi connectivity index (χ3n) is 2.24. The first-order valence-electron chi connectivity index (χ1n) is 4.89. The molecule has 1 amide bonds. The summed E-state index contributed by atoms with van der Waals surface area (Å²) in [7, 11) is 0. The normalized spacial score (nSPS) is 12.4. The van der Waals surface area contributed by atoms with Crippen molar-refractivity contribution in [1.29, 1.82) is 0 Å². The fourth-order valence-electron chi connectivity index (χ4n) is 1.26. The topological polar surface area (TPSA) is 60.1 Å². The third kappa shape index (κ3) is 3.22. The molecule has 1 rings (SSSR count). The van der Waals surface area contributed by atoms with Crippen LogP contribution >= 0.6 is 0 Å². The average molecular weight is 195 g/mol. The summed E-state index contributed by atoms with van der Waals surface area (Å²) in [5.74, 6) is 0.295. The number of amides is 1. The summed E-state index contributed by atoms with van der Waals surface area (Å²) in [6.07, 6.45) is 5.02. The number of hydrogen-bond acceptors (Lipinski definition) is 2. The van der Waals surface area contributed by atoms with Gasteiger partial charge in [0.15, 0.2) is 0 Å². The van der Waals surface area contributed by atoms with Crippen LogP contribution in [0.1, 0.15) is 19.8 Å². The first-order chi connectivity index (χ1) is 6.76. The second-order valence-electron chi connectivity index (χ2n) is 3.34. The van der Waals surface area contributed by atoms with Crippen molar-refractivity contribution in [1.82, 2.24) is 4.68 Å². The molecule has 0 aliphatic carbocycles. The van der Waals surface area contributed by atoms with E-state index in [1.54, 1.807) is 17.1 Å². The minimum Gasteiger partial charge on any atom is -0.330 e. The van der Waals surface area contributed by atoms with Crippen molar-refractivity contribution in [3.63, 3.8) is 0 Å². The van der Waals surface area contributed by atoms with Gasteiger partial charge in [0.1, 0.15) is 0 Å². The molecule has 3 N–H and O–H groups in total. The highest BCUT2D eigenvalue weighted by Gasteiger charge is 2.09. The van der Waals surface area contributed by atoms with E-state index in [0.29, 0.717) is 13.0 Å². The average Bonchev–Trinajstić information content (AvgIpc) is 2.66. The Labute approximate surface area is 84.1 Å². The van der Waals surface area contributed by atoms with E-state index in [-0.39, 0.29) is 11.8 Å². The van der Waals surface area contributed by atoms with Crippen molar-refractivity contribution in [3.05, 3.63) is 24.5 Å². The maximum atomic E-state index is 11.5. The molecular weight excluding hydrogens is 178 g/mol. The van der Waals surface area contributed by atoms with E-state index >= 15 is 0 Å². The van der Waals surface area contributed by atoms with E-state index in [0.717, 1.165) is 6.42 Å². The molecule has 4 heteroatoms. The van der Waals surface area contributed by atoms with Gasteiger partial charge in [0.05, 0.1) is 0 Å². The Balaban J connectivity index is 2.35. The van der Waals surface area contributed by atoms with Crippen LogP contribution in [0, 0.1) is 5.92 Å². The number of carbonyl (C=O) groups excluding carboxylic acids is 1. The Morgan fingerprint density at radius 3 is 2.64 bits per heavy atom. The molecule has 0 aromatic carbocycles. The Bertz CT molecular complexity index is 265. The van der Waals surface area contributed by atoms with Gasteiger partial charge in [-0.25, -0.2) is 0 Å². The molecule has 78 valence electrons. The third-order valence-corrected chi connectivity index (χ3v) is 2.24. The Hall–Kier alpha value is -1.29. The van der Waals surface area contributed by atoms with Gasteiger partial charge in [0.25, 0.3) is 0 Å². The zero-order valence-electron chi connectivity index (χ0n) is 8.44. The molecule has 1 aromatic rings. The van der Waals surface area contributed by atoms with Crippen molar-refractivity contribution in [2.24, 2.45) is 11.7 Å². The standard InChI is InChI=1S/C10H17N3O/c1-2-9(8-11)7-10(14)12-13-5-3-4-6-13/h3-6,9H,2,7-8,11H2,1H3,(H,12,14). The summed E-state index contributed by atoms with van der Waals surface area (Å²) < 4.78 is 1.64. The molecule has 4 nitrogen and oxygen atoms in total. The largest absolute Gasteiger partial charge is 0.330 e. The Morgan fingerprint density at radius 2 is 2.14 bits per heavy atom. The van der Waals surface area contributed by atoms with Crippen LogP contribution in [-0.4, -0.2) is 17.1 Å². The van der Waals surface area contributed by atoms with E-state index in [1.807, 2.05) is 19.1 Å². The summed E-state index contributed by atoms with van der Waals surface area (Å²) in [5, 5.41) is 0. The van der Waals surface area contributed by atoms with E-state index in [9.17, 15) is 4.79 Å². The fraction of sp³-hybridized carbons (Fsp3) is 0.500. The molecule has 0 spiro atoms. The smallest absolute Gasteiger partial charge is 0.239 e. The summed E-state index contributed by atoms with van der Waals surface area (Å²) in [6.45, 7) is 2.61. The van der Waals surface area contributed by atoms with Crippen LogP contribution in [0.4, 0.5) is 0 Å². The first-order valence-corrected chi connectivity index (χ1v) is 4.89. The highest BCUT2D eigenvalue weighted by molar-refractivity contribution is 5.83. The number of nitrogens with zero attached hydrogens (tertiary/aromatic N) is 1. The van der Waals surface area contributed by atoms with Crippen LogP contribution in [0.3, 0.4) is 0 Å². The molecule has 0 fully saturated rings. The van der Waals surface area contributed by atoms with Gasteiger partial charge >= 0.3 is 0 Å². The highest BCUT2D eigenvalue weighted by atomic mass is 16.2. The molecule has 0 saturated carbocycles. The molecule has 1 heterocycles.